The van der Waals surface area contributed by atoms with Crippen LogP contribution >= 0.6 is 0 Å². The molecule has 42 valence electrons. The van der Waals surface area contributed by atoms with Gasteiger partial charge < -0.3 is 84.9 Å². The molecule has 0 aromatic carbocycles. The van der Waals surface area contributed by atoms with E-state index in [0.717, 1.165) is 0 Å². The molecule has 0 aliphatic rings. The van der Waals surface area contributed by atoms with Crippen LogP contribution in [0.5, 0.6) is 0 Å². The molecular formula is BiBr5-2. The van der Waals surface area contributed by atoms with Crippen molar-refractivity contribution in [2.45, 2.75) is 0 Å². The summed E-state index contributed by atoms with van der Waals surface area (Å²) < 4.78 is 0. The average molecular weight is 608 g/mol. The Balaban J connectivity index is 0. The van der Waals surface area contributed by atoms with E-state index in [2.05, 4.69) is 0 Å². The molecular weight excluding hydrogens is 608 g/mol. The van der Waals surface area contributed by atoms with Crippen LogP contribution in [0.15, 0.2) is 0 Å². The van der Waals surface area contributed by atoms with Gasteiger partial charge in [0.15, 0.2) is 0 Å². The topological polar surface area (TPSA) is 0 Å². The van der Waals surface area contributed by atoms with Gasteiger partial charge in [0.05, 0.1) is 0 Å². The molecule has 0 bridgehead atoms. The van der Waals surface area contributed by atoms with E-state index < -0.39 is 0 Å². The van der Waals surface area contributed by atoms with Crippen LogP contribution in [0.25, 0.3) is 0 Å². The summed E-state index contributed by atoms with van der Waals surface area (Å²) >= 11 is 0. The number of hydrogen-bond donors (Lipinski definition) is 0. The quantitative estimate of drug-likeness (QED) is 0.240. The largest absolute Gasteiger partial charge is 3.00 e. The molecule has 0 rings (SSSR count). The molecule has 0 spiro atoms. The van der Waals surface area contributed by atoms with Gasteiger partial charge in [-0.05, 0) is 0 Å². The van der Waals surface area contributed by atoms with Gasteiger partial charge >= 0.3 is 26.2 Å². The van der Waals surface area contributed by atoms with Crippen molar-refractivity contribution in [2.24, 2.45) is 0 Å². The normalized spacial score (nSPS) is 0. The zero-order chi connectivity index (χ0) is 0. The van der Waals surface area contributed by atoms with Gasteiger partial charge in [0, 0.05) is 0 Å². The third kappa shape index (κ3) is 26.7. The van der Waals surface area contributed by atoms with Crippen LogP contribution in [-0.2, 0) is 0 Å². The predicted octanol–water partition coefficient (Wildman–Crippen LogP) is -15.4. The summed E-state index contributed by atoms with van der Waals surface area (Å²) in [6.07, 6.45) is 0. The molecule has 0 aliphatic carbocycles. The first-order valence-corrected chi connectivity index (χ1v) is 0. The predicted molar refractivity (Wildman–Crippen MR) is 5.75 cm³/mol. The van der Waals surface area contributed by atoms with Crippen LogP contribution in [0.4, 0.5) is 0 Å². The van der Waals surface area contributed by atoms with Gasteiger partial charge in [-0.3, -0.25) is 0 Å². The van der Waals surface area contributed by atoms with Gasteiger partial charge in [0.2, 0.25) is 0 Å². The van der Waals surface area contributed by atoms with E-state index in [1.54, 1.807) is 0 Å². The minimum absolute atomic E-state index is 0. The van der Waals surface area contributed by atoms with Gasteiger partial charge in [0.1, 0.15) is 0 Å². The zero-order valence-electron chi connectivity index (χ0n) is 2.34. The van der Waals surface area contributed by atoms with Crippen molar-refractivity contribution in [3.8, 4) is 0 Å². The summed E-state index contributed by atoms with van der Waals surface area (Å²) in [5, 5.41) is 0. The summed E-state index contributed by atoms with van der Waals surface area (Å²) in [6.45, 7) is 0. The standard InChI is InChI=1S/Bi.5BrH/h;5*1H/q+3;;;;;/p-5. The monoisotopic (exact) mass is 604 g/mol. The average Bonchev–Trinajstić information content (AvgIpc) is 0. The summed E-state index contributed by atoms with van der Waals surface area (Å²) in [5.74, 6) is 0. The smallest absolute Gasteiger partial charge is 1.00 e. The first-order valence-electron chi connectivity index (χ1n) is 0. The molecule has 0 aromatic rings. The van der Waals surface area contributed by atoms with Crippen molar-refractivity contribution in [3.63, 3.8) is 0 Å². The van der Waals surface area contributed by atoms with Crippen molar-refractivity contribution in [3.05, 3.63) is 0 Å². The second-order valence-corrected chi connectivity index (χ2v) is 0. The van der Waals surface area contributed by atoms with Crippen LogP contribution in [0.1, 0.15) is 0 Å². The fourth-order valence-corrected chi connectivity index (χ4v) is 0. The Morgan fingerprint density at radius 3 is 0.333 bits per heavy atom. The Bertz CT molecular complexity index is 3.90. The molecule has 0 nitrogen and oxygen atoms in total. The fraction of sp³-hybridized carbons (Fsp3) is 0. The Morgan fingerprint density at radius 1 is 0.333 bits per heavy atom. The van der Waals surface area contributed by atoms with Crippen molar-refractivity contribution in [1.29, 1.82) is 0 Å². The second kappa shape index (κ2) is 40.8. The molecule has 0 fully saturated rings. The summed E-state index contributed by atoms with van der Waals surface area (Å²) in [5.41, 5.74) is 0. The molecule has 6 heavy (non-hydrogen) atoms. The Labute approximate surface area is 109 Å². The van der Waals surface area contributed by atoms with Crippen LogP contribution in [0.3, 0.4) is 0 Å². The number of hydrogen-bond acceptors (Lipinski definition) is 0. The first-order chi connectivity index (χ1) is 0. The zero-order valence-corrected chi connectivity index (χ0v) is 13.7. The van der Waals surface area contributed by atoms with E-state index >= 15 is 0 Å². The minimum Gasteiger partial charge on any atom is -1.00 e. The summed E-state index contributed by atoms with van der Waals surface area (Å²) in [6, 6.07) is 0. The Morgan fingerprint density at radius 2 is 0.333 bits per heavy atom. The maximum atomic E-state index is 0. The third-order valence-corrected chi connectivity index (χ3v) is 0. The minimum atomic E-state index is 0. The van der Waals surface area contributed by atoms with Crippen LogP contribution < -0.4 is 84.9 Å². The molecule has 0 heterocycles. The molecule has 0 aliphatic heterocycles. The Kier molecular flexibility index (Phi) is 401. The van der Waals surface area contributed by atoms with Crippen LogP contribution in [-0.4, -0.2) is 26.2 Å². The second-order valence-electron chi connectivity index (χ2n) is 0. The molecule has 0 saturated heterocycles. The SMILES string of the molecule is [Bi+3].[Br-].[Br-].[Br-].[Br-].[Br-]. The van der Waals surface area contributed by atoms with Gasteiger partial charge in [0.25, 0.3) is 0 Å². The summed E-state index contributed by atoms with van der Waals surface area (Å²) in [7, 11) is 0. The van der Waals surface area contributed by atoms with Crippen LogP contribution in [0.2, 0.25) is 0 Å². The van der Waals surface area contributed by atoms with Crippen LogP contribution in [0, 0.1) is 0 Å². The van der Waals surface area contributed by atoms with E-state index in [9.17, 15) is 0 Å². The van der Waals surface area contributed by atoms with Gasteiger partial charge in [-0.1, -0.05) is 0 Å². The maximum absolute atomic E-state index is 0. The molecule has 0 unspecified atom stereocenters. The molecule has 0 N–H and O–H groups in total. The Hall–Kier alpha value is 3.28. The van der Waals surface area contributed by atoms with E-state index in [1.807, 2.05) is 0 Å². The number of rotatable bonds is 0. The maximum Gasteiger partial charge on any atom is 3.00 e. The molecule has 0 atom stereocenters. The van der Waals surface area contributed by atoms with Gasteiger partial charge in [-0.25, -0.2) is 0 Å². The van der Waals surface area contributed by atoms with E-state index in [1.165, 1.54) is 0 Å². The fourth-order valence-electron chi connectivity index (χ4n) is 0. The number of halogens is 5. The van der Waals surface area contributed by atoms with Gasteiger partial charge in [-0.2, -0.15) is 0 Å². The molecule has 2 radical (unpaired) electrons. The van der Waals surface area contributed by atoms with Crippen molar-refractivity contribution < 1.29 is 84.9 Å². The van der Waals surface area contributed by atoms with E-state index in [4.69, 9.17) is 0 Å². The van der Waals surface area contributed by atoms with Crippen molar-refractivity contribution in [2.75, 3.05) is 0 Å². The van der Waals surface area contributed by atoms with Crippen molar-refractivity contribution in [1.82, 2.24) is 0 Å². The third-order valence-electron chi connectivity index (χ3n) is 0. The molecule has 0 aromatic heterocycles. The van der Waals surface area contributed by atoms with E-state index in [-0.39, 0.29) is 111 Å². The molecule has 0 amide bonds. The van der Waals surface area contributed by atoms with Gasteiger partial charge in [-0.15, -0.1) is 0 Å². The molecule has 6 heteroatoms. The summed E-state index contributed by atoms with van der Waals surface area (Å²) in [4.78, 5) is 0. The van der Waals surface area contributed by atoms with E-state index in [0.29, 0.717) is 0 Å². The first kappa shape index (κ1) is 59.1. The van der Waals surface area contributed by atoms with Crippen molar-refractivity contribution >= 4 is 26.2 Å². The molecule has 0 saturated carbocycles.